The summed E-state index contributed by atoms with van der Waals surface area (Å²) < 4.78 is 5.39. The third kappa shape index (κ3) is 3.70. The highest BCUT2D eigenvalue weighted by molar-refractivity contribution is 5.78. The minimum atomic E-state index is 0.133. The van der Waals surface area contributed by atoms with Gasteiger partial charge in [0.05, 0.1) is 13.1 Å². The van der Waals surface area contributed by atoms with E-state index in [2.05, 4.69) is 5.32 Å². The summed E-state index contributed by atoms with van der Waals surface area (Å²) in [7, 11) is 0. The molecule has 0 atom stereocenters. The van der Waals surface area contributed by atoms with Crippen LogP contribution in [-0.2, 0) is 11.3 Å². The SMILES string of the molecule is CCN(CC)C(=O)CNCc1ccc(C)o1. The molecule has 90 valence electrons. The van der Waals surface area contributed by atoms with Crippen molar-refractivity contribution in [1.82, 2.24) is 10.2 Å². The quantitative estimate of drug-likeness (QED) is 0.797. The maximum Gasteiger partial charge on any atom is 0.236 e. The van der Waals surface area contributed by atoms with Crippen LogP contribution in [0.15, 0.2) is 16.5 Å². The van der Waals surface area contributed by atoms with Gasteiger partial charge in [0.2, 0.25) is 5.91 Å². The summed E-state index contributed by atoms with van der Waals surface area (Å²) in [6.45, 7) is 8.36. The average molecular weight is 224 g/mol. The number of hydrogen-bond acceptors (Lipinski definition) is 3. The first-order valence-corrected chi connectivity index (χ1v) is 5.71. The fourth-order valence-electron chi connectivity index (χ4n) is 1.56. The van der Waals surface area contributed by atoms with Crippen LogP contribution < -0.4 is 5.32 Å². The molecule has 0 aliphatic heterocycles. The van der Waals surface area contributed by atoms with Crippen LogP contribution in [0.25, 0.3) is 0 Å². The molecule has 0 aliphatic rings. The van der Waals surface area contributed by atoms with Gasteiger partial charge in [-0.2, -0.15) is 0 Å². The lowest BCUT2D eigenvalue weighted by Crippen LogP contribution is -2.37. The number of carbonyl (C=O) groups is 1. The van der Waals surface area contributed by atoms with E-state index in [1.54, 1.807) is 4.90 Å². The topological polar surface area (TPSA) is 45.5 Å². The van der Waals surface area contributed by atoms with Crippen LogP contribution in [0.4, 0.5) is 0 Å². The van der Waals surface area contributed by atoms with Gasteiger partial charge >= 0.3 is 0 Å². The van der Waals surface area contributed by atoms with Gasteiger partial charge in [-0.15, -0.1) is 0 Å². The molecule has 1 heterocycles. The summed E-state index contributed by atoms with van der Waals surface area (Å²) >= 11 is 0. The summed E-state index contributed by atoms with van der Waals surface area (Å²) in [4.78, 5) is 13.4. The molecule has 16 heavy (non-hydrogen) atoms. The lowest BCUT2D eigenvalue weighted by molar-refractivity contribution is -0.129. The third-order valence-electron chi connectivity index (χ3n) is 2.49. The molecule has 4 nitrogen and oxygen atoms in total. The third-order valence-corrected chi connectivity index (χ3v) is 2.49. The Kier molecular flexibility index (Phi) is 5.05. The average Bonchev–Trinajstić information content (AvgIpc) is 2.66. The van der Waals surface area contributed by atoms with E-state index in [1.807, 2.05) is 32.9 Å². The molecule has 4 heteroatoms. The first-order chi connectivity index (χ1) is 7.67. The van der Waals surface area contributed by atoms with Crippen molar-refractivity contribution >= 4 is 5.91 Å². The molecular formula is C12H20N2O2. The van der Waals surface area contributed by atoms with Gasteiger partial charge in [0, 0.05) is 13.1 Å². The molecule has 1 aromatic heterocycles. The van der Waals surface area contributed by atoms with E-state index in [9.17, 15) is 4.79 Å². The van der Waals surface area contributed by atoms with Gasteiger partial charge in [-0.1, -0.05) is 0 Å². The van der Waals surface area contributed by atoms with Crippen molar-refractivity contribution in [2.24, 2.45) is 0 Å². The Hall–Kier alpha value is -1.29. The molecule has 0 unspecified atom stereocenters. The van der Waals surface area contributed by atoms with E-state index in [-0.39, 0.29) is 5.91 Å². The number of nitrogens with one attached hydrogen (secondary N) is 1. The molecule has 0 fully saturated rings. The van der Waals surface area contributed by atoms with Crippen LogP contribution in [0, 0.1) is 6.92 Å². The van der Waals surface area contributed by atoms with Crippen LogP contribution in [0.3, 0.4) is 0 Å². The van der Waals surface area contributed by atoms with Crippen molar-refractivity contribution in [3.63, 3.8) is 0 Å². The predicted molar refractivity (Wildman–Crippen MR) is 63.1 cm³/mol. The predicted octanol–water partition coefficient (Wildman–Crippen LogP) is 1.55. The van der Waals surface area contributed by atoms with E-state index >= 15 is 0 Å². The van der Waals surface area contributed by atoms with Gasteiger partial charge < -0.3 is 14.6 Å². The summed E-state index contributed by atoms with van der Waals surface area (Å²) in [6, 6.07) is 3.84. The van der Waals surface area contributed by atoms with Gasteiger partial charge in [-0.05, 0) is 32.9 Å². The minimum absolute atomic E-state index is 0.133. The Morgan fingerprint density at radius 3 is 2.56 bits per heavy atom. The van der Waals surface area contributed by atoms with Crippen LogP contribution in [0.5, 0.6) is 0 Å². The normalized spacial score (nSPS) is 10.4. The standard InChI is InChI=1S/C12H20N2O2/c1-4-14(5-2)12(15)9-13-8-11-7-6-10(3)16-11/h6-7,13H,4-5,8-9H2,1-3H3. The maximum absolute atomic E-state index is 11.6. The fraction of sp³-hybridized carbons (Fsp3) is 0.583. The molecule has 0 saturated carbocycles. The van der Waals surface area contributed by atoms with E-state index < -0.39 is 0 Å². The Balaban J connectivity index is 2.27. The van der Waals surface area contributed by atoms with Crippen molar-refractivity contribution < 1.29 is 9.21 Å². The maximum atomic E-state index is 11.6. The first kappa shape index (κ1) is 12.8. The zero-order valence-electron chi connectivity index (χ0n) is 10.2. The second-order valence-electron chi connectivity index (χ2n) is 3.68. The fourth-order valence-corrected chi connectivity index (χ4v) is 1.56. The number of amides is 1. The lowest BCUT2D eigenvalue weighted by atomic mass is 10.4. The van der Waals surface area contributed by atoms with E-state index in [0.717, 1.165) is 24.6 Å². The van der Waals surface area contributed by atoms with Gasteiger partial charge in [0.25, 0.3) is 0 Å². The van der Waals surface area contributed by atoms with Crippen molar-refractivity contribution in [3.05, 3.63) is 23.7 Å². The van der Waals surface area contributed by atoms with E-state index in [0.29, 0.717) is 13.1 Å². The summed E-state index contributed by atoms with van der Waals surface area (Å²) in [5.74, 6) is 1.89. The second kappa shape index (κ2) is 6.33. The van der Waals surface area contributed by atoms with Crippen molar-refractivity contribution in [2.45, 2.75) is 27.3 Å². The van der Waals surface area contributed by atoms with Crippen molar-refractivity contribution in [2.75, 3.05) is 19.6 Å². The number of aryl methyl sites for hydroxylation is 1. The number of hydrogen-bond donors (Lipinski definition) is 1. The van der Waals surface area contributed by atoms with Crippen LogP contribution in [0.1, 0.15) is 25.4 Å². The zero-order chi connectivity index (χ0) is 12.0. The highest BCUT2D eigenvalue weighted by Gasteiger charge is 2.08. The first-order valence-electron chi connectivity index (χ1n) is 5.71. The largest absolute Gasteiger partial charge is 0.465 e. The van der Waals surface area contributed by atoms with E-state index in [1.165, 1.54) is 0 Å². The molecule has 0 bridgehead atoms. The molecular weight excluding hydrogens is 204 g/mol. The summed E-state index contributed by atoms with van der Waals surface area (Å²) in [5, 5.41) is 3.08. The van der Waals surface area contributed by atoms with Crippen LogP contribution in [0.2, 0.25) is 0 Å². The Morgan fingerprint density at radius 2 is 2.06 bits per heavy atom. The van der Waals surface area contributed by atoms with Crippen molar-refractivity contribution in [3.8, 4) is 0 Å². The Morgan fingerprint density at radius 1 is 1.38 bits per heavy atom. The van der Waals surface area contributed by atoms with Crippen molar-refractivity contribution in [1.29, 1.82) is 0 Å². The highest BCUT2D eigenvalue weighted by atomic mass is 16.3. The number of nitrogens with zero attached hydrogens (tertiary/aromatic N) is 1. The molecule has 0 saturated heterocycles. The monoisotopic (exact) mass is 224 g/mol. The zero-order valence-corrected chi connectivity index (χ0v) is 10.2. The van der Waals surface area contributed by atoms with Crippen LogP contribution in [-0.4, -0.2) is 30.4 Å². The van der Waals surface area contributed by atoms with Gasteiger partial charge in [0.15, 0.2) is 0 Å². The summed E-state index contributed by atoms with van der Waals surface area (Å²) in [6.07, 6.45) is 0. The number of carbonyl (C=O) groups excluding carboxylic acids is 1. The van der Waals surface area contributed by atoms with Gasteiger partial charge in [-0.25, -0.2) is 0 Å². The lowest BCUT2D eigenvalue weighted by Gasteiger charge is -2.18. The van der Waals surface area contributed by atoms with Gasteiger partial charge in [-0.3, -0.25) is 4.79 Å². The number of likely N-dealkylation sites (N-methyl/N-ethyl adjacent to an activating group) is 1. The molecule has 0 aromatic carbocycles. The van der Waals surface area contributed by atoms with Crippen LogP contribution >= 0.6 is 0 Å². The number of rotatable bonds is 6. The summed E-state index contributed by atoms with van der Waals surface area (Å²) in [5.41, 5.74) is 0. The molecule has 1 aromatic rings. The molecule has 1 amide bonds. The minimum Gasteiger partial charge on any atom is -0.465 e. The molecule has 0 spiro atoms. The number of furan rings is 1. The molecule has 0 radical (unpaired) electrons. The molecule has 1 N–H and O–H groups in total. The molecule has 1 rings (SSSR count). The Bertz CT molecular complexity index is 330. The highest BCUT2D eigenvalue weighted by Crippen LogP contribution is 2.05. The van der Waals surface area contributed by atoms with E-state index in [4.69, 9.17) is 4.42 Å². The molecule has 0 aliphatic carbocycles. The Labute approximate surface area is 96.6 Å². The smallest absolute Gasteiger partial charge is 0.236 e. The second-order valence-corrected chi connectivity index (χ2v) is 3.68. The van der Waals surface area contributed by atoms with Gasteiger partial charge in [0.1, 0.15) is 11.5 Å².